The molecule has 0 aliphatic carbocycles. The van der Waals surface area contributed by atoms with Gasteiger partial charge in [-0.15, -0.1) is 0 Å². The van der Waals surface area contributed by atoms with Crippen LogP contribution in [0.2, 0.25) is 0 Å². The molecule has 3 nitrogen and oxygen atoms in total. The Morgan fingerprint density at radius 3 is 2.27 bits per heavy atom. The summed E-state index contributed by atoms with van der Waals surface area (Å²) >= 11 is 0. The van der Waals surface area contributed by atoms with Crippen LogP contribution in [0.4, 0.5) is 5.95 Å². The van der Waals surface area contributed by atoms with Gasteiger partial charge in [-0.1, -0.05) is 0 Å². The molecule has 0 fully saturated rings. The molecule has 0 saturated carbocycles. The number of hydrogen-bond donors (Lipinski definition) is 0. The Labute approximate surface area is 67.1 Å². The van der Waals surface area contributed by atoms with E-state index < -0.39 is 0 Å². The van der Waals surface area contributed by atoms with Gasteiger partial charge in [-0.25, -0.2) is 9.97 Å². The van der Waals surface area contributed by atoms with Gasteiger partial charge < -0.3 is 4.90 Å². The number of aromatic nitrogens is 2. The van der Waals surface area contributed by atoms with Crippen molar-refractivity contribution in [1.82, 2.24) is 9.97 Å². The molecule has 0 aliphatic heterocycles. The van der Waals surface area contributed by atoms with E-state index in [1.807, 2.05) is 18.0 Å². The molecule has 3 heteroatoms. The molecule has 0 amide bonds. The van der Waals surface area contributed by atoms with Gasteiger partial charge in [-0.05, 0) is 19.9 Å². The van der Waals surface area contributed by atoms with Gasteiger partial charge in [0.15, 0.2) is 0 Å². The number of nitrogens with zero attached hydrogens (tertiary/aromatic N) is 3. The van der Waals surface area contributed by atoms with Crippen molar-refractivity contribution in [1.29, 1.82) is 0 Å². The molecular weight excluding hydrogens is 138 g/mol. The van der Waals surface area contributed by atoms with E-state index in [2.05, 4.69) is 23.8 Å². The van der Waals surface area contributed by atoms with E-state index in [0.29, 0.717) is 6.04 Å². The first-order chi connectivity index (χ1) is 5.22. The summed E-state index contributed by atoms with van der Waals surface area (Å²) in [5.41, 5.74) is 0. The predicted molar refractivity (Wildman–Crippen MR) is 45.6 cm³/mol. The lowest BCUT2D eigenvalue weighted by Crippen LogP contribution is -2.27. The molecule has 0 N–H and O–H groups in total. The fraction of sp³-hybridized carbons (Fsp3) is 0.500. The highest BCUT2D eigenvalue weighted by Gasteiger charge is 2.05. The van der Waals surface area contributed by atoms with Gasteiger partial charge in [0.05, 0.1) is 0 Å². The Kier molecular flexibility index (Phi) is 2.41. The first-order valence-electron chi connectivity index (χ1n) is 3.71. The average molecular weight is 151 g/mol. The van der Waals surface area contributed by atoms with Crippen LogP contribution in [-0.4, -0.2) is 23.1 Å². The van der Waals surface area contributed by atoms with Crippen LogP contribution < -0.4 is 4.90 Å². The molecule has 0 aliphatic rings. The Balaban J connectivity index is 2.77. The lowest BCUT2D eigenvalue weighted by Gasteiger charge is -2.20. The molecule has 0 spiro atoms. The van der Waals surface area contributed by atoms with Crippen LogP contribution >= 0.6 is 0 Å². The van der Waals surface area contributed by atoms with Gasteiger partial charge in [0.2, 0.25) is 5.95 Å². The summed E-state index contributed by atoms with van der Waals surface area (Å²) in [6.07, 6.45) is 3.50. The molecule has 0 aromatic carbocycles. The molecule has 1 aromatic rings. The molecule has 0 bridgehead atoms. The highest BCUT2D eigenvalue weighted by atomic mass is 15.2. The highest BCUT2D eigenvalue weighted by Crippen LogP contribution is 2.05. The predicted octanol–water partition coefficient (Wildman–Crippen LogP) is 1.32. The van der Waals surface area contributed by atoms with Crippen LogP contribution in [0.5, 0.6) is 0 Å². The summed E-state index contributed by atoms with van der Waals surface area (Å²) in [5, 5.41) is 0. The van der Waals surface area contributed by atoms with Crippen molar-refractivity contribution in [3.05, 3.63) is 18.5 Å². The van der Waals surface area contributed by atoms with Gasteiger partial charge in [-0.3, -0.25) is 0 Å². The first-order valence-corrected chi connectivity index (χ1v) is 3.71. The van der Waals surface area contributed by atoms with Crippen molar-refractivity contribution < 1.29 is 0 Å². The van der Waals surface area contributed by atoms with E-state index in [9.17, 15) is 0 Å². The van der Waals surface area contributed by atoms with Crippen molar-refractivity contribution in [3.63, 3.8) is 0 Å². The lowest BCUT2D eigenvalue weighted by molar-refractivity contribution is 0.729. The lowest BCUT2D eigenvalue weighted by atomic mass is 10.4. The minimum Gasteiger partial charge on any atom is -0.341 e. The topological polar surface area (TPSA) is 29.0 Å². The largest absolute Gasteiger partial charge is 0.341 e. The molecule has 1 heterocycles. The van der Waals surface area contributed by atoms with E-state index in [0.717, 1.165) is 5.95 Å². The van der Waals surface area contributed by atoms with E-state index in [4.69, 9.17) is 0 Å². The molecular formula is C8H13N3. The minimum absolute atomic E-state index is 0.442. The molecule has 1 aromatic heterocycles. The third kappa shape index (κ3) is 1.90. The van der Waals surface area contributed by atoms with Gasteiger partial charge in [0.1, 0.15) is 0 Å². The Hall–Kier alpha value is -1.12. The molecule has 60 valence electrons. The molecule has 0 saturated heterocycles. The summed E-state index contributed by atoms with van der Waals surface area (Å²) in [7, 11) is 1.99. The second-order valence-electron chi connectivity index (χ2n) is 2.75. The van der Waals surface area contributed by atoms with Crippen molar-refractivity contribution in [2.45, 2.75) is 19.9 Å². The van der Waals surface area contributed by atoms with Crippen molar-refractivity contribution in [2.75, 3.05) is 11.9 Å². The number of anilines is 1. The van der Waals surface area contributed by atoms with Crippen molar-refractivity contribution in [3.8, 4) is 0 Å². The van der Waals surface area contributed by atoms with Crippen LogP contribution in [0.15, 0.2) is 18.5 Å². The molecule has 0 atom stereocenters. The molecule has 11 heavy (non-hydrogen) atoms. The van der Waals surface area contributed by atoms with Crippen LogP contribution in [0.25, 0.3) is 0 Å². The van der Waals surface area contributed by atoms with Gasteiger partial charge in [0, 0.05) is 25.5 Å². The zero-order chi connectivity index (χ0) is 8.27. The Bertz CT molecular complexity index is 208. The number of hydrogen-bond acceptors (Lipinski definition) is 3. The normalized spacial score (nSPS) is 10.2. The summed E-state index contributed by atoms with van der Waals surface area (Å²) < 4.78 is 0. The summed E-state index contributed by atoms with van der Waals surface area (Å²) in [6, 6.07) is 2.26. The molecule has 0 unspecified atom stereocenters. The van der Waals surface area contributed by atoms with E-state index >= 15 is 0 Å². The van der Waals surface area contributed by atoms with Crippen LogP contribution in [0, 0.1) is 0 Å². The van der Waals surface area contributed by atoms with Crippen molar-refractivity contribution >= 4 is 5.95 Å². The van der Waals surface area contributed by atoms with Gasteiger partial charge in [-0.2, -0.15) is 0 Å². The maximum atomic E-state index is 4.11. The molecule has 0 radical (unpaired) electrons. The number of rotatable bonds is 2. The second-order valence-corrected chi connectivity index (χ2v) is 2.75. The van der Waals surface area contributed by atoms with Crippen LogP contribution in [0.1, 0.15) is 13.8 Å². The second kappa shape index (κ2) is 3.32. The van der Waals surface area contributed by atoms with Crippen LogP contribution in [-0.2, 0) is 0 Å². The maximum absolute atomic E-state index is 4.11. The van der Waals surface area contributed by atoms with E-state index in [1.165, 1.54) is 0 Å². The fourth-order valence-corrected chi connectivity index (χ4v) is 0.704. The van der Waals surface area contributed by atoms with Gasteiger partial charge in [0.25, 0.3) is 0 Å². The summed E-state index contributed by atoms with van der Waals surface area (Å²) in [5.74, 6) is 0.780. The third-order valence-electron chi connectivity index (χ3n) is 1.64. The highest BCUT2D eigenvalue weighted by molar-refractivity contribution is 5.27. The third-order valence-corrected chi connectivity index (χ3v) is 1.64. The zero-order valence-electron chi connectivity index (χ0n) is 7.15. The van der Waals surface area contributed by atoms with Gasteiger partial charge >= 0.3 is 0 Å². The maximum Gasteiger partial charge on any atom is 0.225 e. The quantitative estimate of drug-likeness (QED) is 0.638. The van der Waals surface area contributed by atoms with E-state index in [1.54, 1.807) is 12.4 Å². The van der Waals surface area contributed by atoms with E-state index in [-0.39, 0.29) is 0 Å². The first kappa shape index (κ1) is 7.98. The fourth-order valence-electron chi connectivity index (χ4n) is 0.704. The van der Waals surface area contributed by atoms with Crippen LogP contribution in [0.3, 0.4) is 0 Å². The molecule has 1 rings (SSSR count). The Morgan fingerprint density at radius 2 is 1.82 bits per heavy atom. The average Bonchev–Trinajstić information content (AvgIpc) is 2.05. The SMILES string of the molecule is CC(C)N(C)c1ncccn1. The summed E-state index contributed by atoms with van der Waals surface area (Å²) in [4.78, 5) is 10.3. The monoisotopic (exact) mass is 151 g/mol. The standard InChI is InChI=1S/C8H13N3/c1-7(2)11(3)8-9-5-4-6-10-8/h4-7H,1-3H3. The smallest absolute Gasteiger partial charge is 0.225 e. The van der Waals surface area contributed by atoms with Crippen molar-refractivity contribution in [2.24, 2.45) is 0 Å². The zero-order valence-corrected chi connectivity index (χ0v) is 7.15. The Morgan fingerprint density at radius 1 is 1.27 bits per heavy atom. The minimum atomic E-state index is 0.442. The summed E-state index contributed by atoms with van der Waals surface area (Å²) in [6.45, 7) is 4.22.